The van der Waals surface area contributed by atoms with Crippen LogP contribution in [0.25, 0.3) is 11.1 Å². The van der Waals surface area contributed by atoms with Gasteiger partial charge in [0, 0.05) is 19.1 Å². The molecule has 1 aliphatic heterocycles. The van der Waals surface area contributed by atoms with Crippen LogP contribution in [0.5, 0.6) is 0 Å². The monoisotopic (exact) mass is 296 g/mol. The summed E-state index contributed by atoms with van der Waals surface area (Å²) in [6.45, 7) is 1.67. The van der Waals surface area contributed by atoms with Crippen molar-refractivity contribution in [3.05, 3.63) is 59.7 Å². The second-order valence-corrected chi connectivity index (χ2v) is 7.96. The molecule has 1 atom stereocenters. The Bertz CT molecular complexity index is 589. The molecule has 2 aromatic rings. The lowest BCUT2D eigenvalue weighted by Gasteiger charge is -2.23. The van der Waals surface area contributed by atoms with E-state index in [0.717, 1.165) is 19.3 Å². The molecule has 4 rings (SSSR count). The summed E-state index contributed by atoms with van der Waals surface area (Å²) >= 11 is 0. The summed E-state index contributed by atoms with van der Waals surface area (Å²) in [6, 6.07) is 18.6. The van der Waals surface area contributed by atoms with Crippen LogP contribution in [0.3, 0.4) is 0 Å². The highest BCUT2D eigenvalue weighted by Gasteiger charge is 2.29. The molecule has 0 bridgehead atoms. The second-order valence-electron chi connectivity index (χ2n) is 5.86. The van der Waals surface area contributed by atoms with Gasteiger partial charge in [0.15, 0.2) is 0 Å². The van der Waals surface area contributed by atoms with Gasteiger partial charge in [0.25, 0.3) is 0 Å². The molecule has 3 heteroatoms. The number of fused-ring (bicyclic) bond motifs is 3. The molecule has 0 saturated carbocycles. The quantitative estimate of drug-likeness (QED) is 0.801. The highest BCUT2D eigenvalue weighted by molar-refractivity contribution is 6.44. The lowest BCUT2D eigenvalue weighted by Crippen LogP contribution is -2.28. The highest BCUT2D eigenvalue weighted by Crippen LogP contribution is 2.44. The SMILES string of the molecule is c1ccc2c(c1)-c1ccccc1C2CO[SiH]1CCCCO1. The minimum Gasteiger partial charge on any atom is -0.397 e. The summed E-state index contributed by atoms with van der Waals surface area (Å²) < 4.78 is 12.0. The number of hydrogen-bond donors (Lipinski definition) is 0. The van der Waals surface area contributed by atoms with Crippen molar-refractivity contribution in [2.45, 2.75) is 24.8 Å². The maximum Gasteiger partial charge on any atom is 0.321 e. The van der Waals surface area contributed by atoms with E-state index in [9.17, 15) is 0 Å². The normalized spacial score (nSPS) is 21.0. The van der Waals surface area contributed by atoms with Gasteiger partial charge in [0.1, 0.15) is 0 Å². The Morgan fingerprint density at radius 2 is 1.62 bits per heavy atom. The van der Waals surface area contributed by atoms with Crippen molar-refractivity contribution in [3.8, 4) is 11.1 Å². The predicted octanol–water partition coefficient (Wildman–Crippen LogP) is 3.85. The summed E-state index contributed by atoms with van der Waals surface area (Å²) in [7, 11) is -1.41. The van der Waals surface area contributed by atoms with Crippen molar-refractivity contribution in [3.63, 3.8) is 0 Å². The second kappa shape index (κ2) is 5.76. The van der Waals surface area contributed by atoms with Crippen LogP contribution in [0.15, 0.2) is 48.5 Å². The molecule has 0 aromatic heterocycles. The maximum atomic E-state index is 6.20. The summed E-state index contributed by atoms with van der Waals surface area (Å²) in [5.74, 6) is 0.371. The first-order valence-corrected chi connectivity index (χ1v) is 9.61. The van der Waals surface area contributed by atoms with Gasteiger partial charge in [-0.2, -0.15) is 0 Å². The van der Waals surface area contributed by atoms with Crippen molar-refractivity contribution in [1.29, 1.82) is 0 Å². The Morgan fingerprint density at radius 3 is 2.24 bits per heavy atom. The summed E-state index contributed by atoms with van der Waals surface area (Å²) in [4.78, 5) is 0. The molecular weight excluding hydrogens is 276 g/mol. The molecular formula is C18H20O2Si. The van der Waals surface area contributed by atoms with E-state index in [2.05, 4.69) is 48.5 Å². The molecule has 1 fully saturated rings. The van der Waals surface area contributed by atoms with Gasteiger partial charge in [-0.25, -0.2) is 0 Å². The summed E-state index contributed by atoms with van der Waals surface area (Å²) in [5, 5.41) is 0. The lowest BCUT2D eigenvalue weighted by molar-refractivity contribution is 0.173. The van der Waals surface area contributed by atoms with Crippen molar-refractivity contribution in [1.82, 2.24) is 0 Å². The molecule has 0 spiro atoms. The van der Waals surface area contributed by atoms with Gasteiger partial charge in [-0.1, -0.05) is 48.5 Å². The Hall–Kier alpha value is -1.42. The molecule has 2 nitrogen and oxygen atoms in total. The third-order valence-corrected chi connectivity index (χ3v) is 6.60. The van der Waals surface area contributed by atoms with Crippen LogP contribution in [-0.4, -0.2) is 22.5 Å². The minimum atomic E-state index is -1.41. The van der Waals surface area contributed by atoms with Crippen LogP contribution < -0.4 is 0 Å². The van der Waals surface area contributed by atoms with Gasteiger partial charge in [0.05, 0.1) is 0 Å². The van der Waals surface area contributed by atoms with E-state index in [0.29, 0.717) is 5.92 Å². The molecule has 2 aliphatic rings. The minimum absolute atomic E-state index is 0.371. The van der Waals surface area contributed by atoms with E-state index >= 15 is 0 Å². The van der Waals surface area contributed by atoms with Gasteiger partial charge in [-0.05, 0) is 41.1 Å². The van der Waals surface area contributed by atoms with Crippen LogP contribution >= 0.6 is 0 Å². The van der Waals surface area contributed by atoms with Gasteiger partial charge >= 0.3 is 9.28 Å². The molecule has 0 N–H and O–H groups in total. The van der Waals surface area contributed by atoms with Crippen molar-refractivity contribution < 1.29 is 8.85 Å². The Kier molecular flexibility index (Phi) is 3.63. The average molecular weight is 296 g/mol. The van der Waals surface area contributed by atoms with E-state index in [1.807, 2.05) is 0 Å². The van der Waals surface area contributed by atoms with Crippen molar-refractivity contribution in [2.24, 2.45) is 0 Å². The molecule has 2 aromatic carbocycles. The molecule has 1 unspecified atom stereocenters. The van der Waals surface area contributed by atoms with Gasteiger partial charge in [-0.15, -0.1) is 0 Å². The van der Waals surface area contributed by atoms with Crippen molar-refractivity contribution >= 4 is 9.28 Å². The standard InChI is InChI=1S/C18H20O2Si/c1-3-9-16-14(7-1)15-8-2-4-10-17(15)18(16)13-20-21-12-6-5-11-19-21/h1-4,7-10,18,21H,5-6,11-13H2. The first-order chi connectivity index (χ1) is 10.4. The number of hydrogen-bond acceptors (Lipinski definition) is 2. The largest absolute Gasteiger partial charge is 0.397 e. The average Bonchev–Trinajstić information content (AvgIpc) is 2.88. The maximum absolute atomic E-state index is 6.20. The number of rotatable bonds is 3. The predicted molar refractivity (Wildman–Crippen MR) is 86.8 cm³/mol. The van der Waals surface area contributed by atoms with E-state index in [1.165, 1.54) is 35.1 Å². The van der Waals surface area contributed by atoms with Crippen molar-refractivity contribution in [2.75, 3.05) is 13.2 Å². The molecule has 0 amide bonds. The van der Waals surface area contributed by atoms with Crippen LogP contribution in [0, 0.1) is 0 Å². The van der Waals surface area contributed by atoms with E-state index in [1.54, 1.807) is 0 Å². The number of benzene rings is 2. The van der Waals surface area contributed by atoms with Crippen LogP contribution in [0.4, 0.5) is 0 Å². The molecule has 1 heterocycles. The highest BCUT2D eigenvalue weighted by atomic mass is 28.3. The fourth-order valence-electron chi connectivity index (χ4n) is 3.49. The first-order valence-electron chi connectivity index (χ1n) is 7.85. The smallest absolute Gasteiger partial charge is 0.321 e. The van der Waals surface area contributed by atoms with Gasteiger partial charge in [-0.3, -0.25) is 0 Å². The van der Waals surface area contributed by atoms with E-state index in [4.69, 9.17) is 8.85 Å². The van der Waals surface area contributed by atoms with Crippen LogP contribution in [0.2, 0.25) is 6.04 Å². The summed E-state index contributed by atoms with van der Waals surface area (Å²) in [6.07, 6.45) is 2.47. The van der Waals surface area contributed by atoms with Gasteiger partial charge in [0.2, 0.25) is 0 Å². The van der Waals surface area contributed by atoms with Crippen LogP contribution in [-0.2, 0) is 8.85 Å². The third-order valence-electron chi connectivity index (χ3n) is 4.55. The zero-order valence-corrected chi connectivity index (χ0v) is 13.3. The Labute approximate surface area is 127 Å². The van der Waals surface area contributed by atoms with E-state index < -0.39 is 9.28 Å². The Balaban J connectivity index is 1.59. The van der Waals surface area contributed by atoms with Crippen LogP contribution in [0.1, 0.15) is 29.9 Å². The molecule has 108 valence electrons. The third kappa shape index (κ3) is 2.46. The zero-order valence-electron chi connectivity index (χ0n) is 12.1. The van der Waals surface area contributed by atoms with E-state index in [-0.39, 0.29) is 0 Å². The first kappa shape index (κ1) is 13.3. The zero-order chi connectivity index (χ0) is 14.1. The fourth-order valence-corrected chi connectivity index (χ4v) is 5.37. The lowest BCUT2D eigenvalue weighted by atomic mass is 9.98. The molecule has 1 saturated heterocycles. The molecule has 1 aliphatic carbocycles. The Morgan fingerprint density at radius 1 is 0.952 bits per heavy atom. The topological polar surface area (TPSA) is 18.5 Å². The summed E-state index contributed by atoms with van der Waals surface area (Å²) in [5.41, 5.74) is 5.55. The molecule has 21 heavy (non-hydrogen) atoms. The fraction of sp³-hybridized carbons (Fsp3) is 0.333. The molecule has 0 radical (unpaired) electrons. The van der Waals surface area contributed by atoms with Gasteiger partial charge < -0.3 is 8.85 Å².